The molecule has 2 aromatic carbocycles. The quantitative estimate of drug-likeness (QED) is 0.287. The first-order chi connectivity index (χ1) is 17.1. The van der Waals surface area contributed by atoms with E-state index in [1.165, 1.54) is 21.3 Å². The summed E-state index contributed by atoms with van der Waals surface area (Å²) in [6.07, 6.45) is 1.08. The van der Waals surface area contributed by atoms with Crippen LogP contribution in [0.3, 0.4) is 0 Å². The van der Waals surface area contributed by atoms with E-state index < -0.39 is 10.5 Å². The van der Waals surface area contributed by atoms with Gasteiger partial charge in [-0.05, 0) is 32.9 Å². The molecule has 1 amide bonds. The van der Waals surface area contributed by atoms with Gasteiger partial charge in [-0.3, -0.25) is 14.9 Å². The molecule has 190 valence electrons. The molecule has 0 unspecified atom stereocenters. The van der Waals surface area contributed by atoms with Crippen molar-refractivity contribution < 1.29 is 23.9 Å². The number of nitro groups is 1. The van der Waals surface area contributed by atoms with Crippen molar-refractivity contribution in [3.63, 3.8) is 0 Å². The van der Waals surface area contributed by atoms with Crippen LogP contribution < -0.4 is 30.2 Å². The smallest absolute Gasteiger partial charge is 0.329 e. The Kier molecular flexibility index (Phi) is 7.77. The molecule has 3 rings (SSSR count). The minimum atomic E-state index is -0.608. The molecule has 0 spiro atoms. The number of nitrogens with one attached hydrogen (secondary N) is 3. The predicted octanol–water partition coefficient (Wildman–Crippen LogP) is 4.43. The fraction of sp³-hybridized carbons (Fsp3) is 0.292. The number of anilines is 4. The SMILES string of the molecule is COc1cc(Nc2ncc([N+](=O)[O-])c(Nc3ccccc3C(=O)NC(C)(C)C)n2)cc(OC)c1OC. The predicted molar refractivity (Wildman–Crippen MR) is 135 cm³/mol. The Labute approximate surface area is 208 Å². The summed E-state index contributed by atoms with van der Waals surface area (Å²) in [6, 6.07) is 9.95. The number of nitrogens with zero attached hydrogens (tertiary/aromatic N) is 3. The van der Waals surface area contributed by atoms with Gasteiger partial charge in [0.25, 0.3) is 5.91 Å². The fourth-order valence-corrected chi connectivity index (χ4v) is 3.27. The summed E-state index contributed by atoms with van der Waals surface area (Å²) in [4.78, 5) is 32.2. The largest absolute Gasteiger partial charge is 0.493 e. The summed E-state index contributed by atoms with van der Waals surface area (Å²) < 4.78 is 16.0. The molecule has 1 aromatic heterocycles. The number of ether oxygens (including phenoxy) is 3. The van der Waals surface area contributed by atoms with Crippen molar-refractivity contribution >= 4 is 34.7 Å². The van der Waals surface area contributed by atoms with Gasteiger partial charge in [-0.1, -0.05) is 12.1 Å². The Balaban J connectivity index is 1.99. The van der Waals surface area contributed by atoms with E-state index in [1.54, 1.807) is 36.4 Å². The number of rotatable bonds is 9. The second-order valence-electron chi connectivity index (χ2n) is 8.60. The molecule has 0 atom stereocenters. The van der Waals surface area contributed by atoms with Crippen LogP contribution in [0.1, 0.15) is 31.1 Å². The molecule has 1 heterocycles. The second kappa shape index (κ2) is 10.8. The van der Waals surface area contributed by atoms with Crippen molar-refractivity contribution in [2.24, 2.45) is 0 Å². The number of benzene rings is 2. The van der Waals surface area contributed by atoms with Crippen molar-refractivity contribution in [1.29, 1.82) is 0 Å². The number of hydrogen-bond acceptors (Lipinski definition) is 10. The molecule has 0 aliphatic heterocycles. The van der Waals surface area contributed by atoms with Gasteiger partial charge in [0.05, 0.1) is 37.5 Å². The van der Waals surface area contributed by atoms with Crippen LogP contribution in [0.5, 0.6) is 17.2 Å². The average molecular weight is 497 g/mol. The van der Waals surface area contributed by atoms with Crippen molar-refractivity contribution in [1.82, 2.24) is 15.3 Å². The van der Waals surface area contributed by atoms with Crippen molar-refractivity contribution in [3.05, 3.63) is 58.3 Å². The first-order valence-corrected chi connectivity index (χ1v) is 10.8. The number of hydrogen-bond donors (Lipinski definition) is 3. The molecule has 3 aromatic rings. The van der Waals surface area contributed by atoms with Crippen LogP contribution in [0.15, 0.2) is 42.6 Å². The van der Waals surface area contributed by atoms with E-state index in [2.05, 4.69) is 25.9 Å². The van der Waals surface area contributed by atoms with Gasteiger partial charge in [0, 0.05) is 23.4 Å². The maximum Gasteiger partial charge on any atom is 0.329 e. The third-order valence-corrected chi connectivity index (χ3v) is 4.80. The number of aromatic nitrogens is 2. The molecule has 12 heteroatoms. The molecule has 3 N–H and O–H groups in total. The Bertz CT molecular complexity index is 1250. The van der Waals surface area contributed by atoms with Crippen LogP contribution in [0.2, 0.25) is 0 Å². The van der Waals surface area contributed by atoms with Crippen molar-refractivity contribution in [2.75, 3.05) is 32.0 Å². The second-order valence-corrected chi connectivity index (χ2v) is 8.60. The lowest BCUT2D eigenvalue weighted by Crippen LogP contribution is -2.40. The summed E-state index contributed by atoms with van der Waals surface area (Å²) in [5.74, 6) is 0.840. The molecule has 0 aliphatic rings. The van der Waals surface area contributed by atoms with E-state index in [-0.39, 0.29) is 23.4 Å². The van der Waals surface area contributed by atoms with E-state index in [9.17, 15) is 14.9 Å². The topological polar surface area (TPSA) is 150 Å². The molecule has 0 radical (unpaired) electrons. The van der Waals surface area contributed by atoms with Crippen LogP contribution in [0, 0.1) is 10.1 Å². The zero-order chi connectivity index (χ0) is 26.5. The van der Waals surface area contributed by atoms with Gasteiger partial charge in [-0.2, -0.15) is 4.98 Å². The van der Waals surface area contributed by atoms with Gasteiger partial charge < -0.3 is 30.2 Å². The third-order valence-electron chi connectivity index (χ3n) is 4.80. The summed E-state index contributed by atoms with van der Waals surface area (Å²) in [5.41, 5.74) is 0.313. The Morgan fingerprint density at radius 3 is 2.19 bits per heavy atom. The lowest BCUT2D eigenvalue weighted by Gasteiger charge is -2.21. The van der Waals surface area contributed by atoms with Gasteiger partial charge in [0.2, 0.25) is 17.5 Å². The molecular formula is C24H28N6O6. The zero-order valence-electron chi connectivity index (χ0n) is 20.8. The highest BCUT2D eigenvalue weighted by atomic mass is 16.6. The maximum atomic E-state index is 12.8. The number of amides is 1. The standard InChI is InChI=1S/C24H28N6O6/c1-24(2,3)29-22(31)15-9-7-8-10-16(15)27-21-17(30(32)33)13-25-23(28-21)26-14-11-18(34-4)20(36-6)19(12-14)35-5/h7-13H,1-6H3,(H,29,31)(H2,25,26,27,28). The van der Waals surface area contributed by atoms with Gasteiger partial charge in [0.15, 0.2) is 11.5 Å². The third kappa shape index (κ3) is 6.09. The van der Waals surface area contributed by atoms with Crippen LogP contribution >= 0.6 is 0 Å². The Hall–Kier alpha value is -4.61. The van der Waals surface area contributed by atoms with Gasteiger partial charge in [-0.15, -0.1) is 0 Å². The number of carbonyl (C=O) groups is 1. The molecule has 12 nitrogen and oxygen atoms in total. The normalized spacial score (nSPS) is 10.8. The number of para-hydroxylation sites is 1. The highest BCUT2D eigenvalue weighted by molar-refractivity contribution is 6.00. The Morgan fingerprint density at radius 2 is 1.64 bits per heavy atom. The van der Waals surface area contributed by atoms with Crippen molar-refractivity contribution in [3.8, 4) is 17.2 Å². The van der Waals surface area contributed by atoms with E-state index >= 15 is 0 Å². The fourth-order valence-electron chi connectivity index (χ4n) is 3.27. The summed E-state index contributed by atoms with van der Waals surface area (Å²) in [5, 5.41) is 20.4. The van der Waals surface area contributed by atoms with Crippen LogP contribution in [0.4, 0.5) is 28.8 Å². The first kappa shape index (κ1) is 26.0. The highest BCUT2D eigenvalue weighted by Crippen LogP contribution is 2.40. The van der Waals surface area contributed by atoms with E-state index in [1.807, 2.05) is 20.8 Å². The van der Waals surface area contributed by atoms with Gasteiger partial charge >= 0.3 is 5.69 Å². The van der Waals surface area contributed by atoms with Crippen LogP contribution in [-0.4, -0.2) is 47.7 Å². The lowest BCUT2D eigenvalue weighted by molar-refractivity contribution is -0.384. The molecule has 0 fully saturated rings. The van der Waals surface area contributed by atoms with Crippen LogP contribution in [0.25, 0.3) is 0 Å². The van der Waals surface area contributed by atoms with E-state index in [4.69, 9.17) is 14.2 Å². The molecule has 0 saturated carbocycles. The first-order valence-electron chi connectivity index (χ1n) is 10.8. The maximum absolute atomic E-state index is 12.8. The zero-order valence-corrected chi connectivity index (χ0v) is 20.8. The number of methoxy groups -OCH3 is 3. The minimum absolute atomic E-state index is 0.0639. The Morgan fingerprint density at radius 1 is 1.00 bits per heavy atom. The minimum Gasteiger partial charge on any atom is -0.493 e. The van der Waals surface area contributed by atoms with E-state index in [0.717, 1.165) is 6.20 Å². The molecular weight excluding hydrogens is 468 g/mol. The van der Waals surface area contributed by atoms with Crippen LogP contribution in [-0.2, 0) is 0 Å². The molecule has 36 heavy (non-hydrogen) atoms. The molecule has 0 bridgehead atoms. The monoisotopic (exact) mass is 496 g/mol. The summed E-state index contributed by atoms with van der Waals surface area (Å²) in [6.45, 7) is 5.58. The highest BCUT2D eigenvalue weighted by Gasteiger charge is 2.22. The molecule has 0 saturated heterocycles. The van der Waals surface area contributed by atoms with E-state index in [0.29, 0.717) is 34.2 Å². The summed E-state index contributed by atoms with van der Waals surface area (Å²) in [7, 11) is 4.46. The number of carbonyl (C=O) groups excluding carboxylic acids is 1. The lowest BCUT2D eigenvalue weighted by atomic mass is 10.1. The summed E-state index contributed by atoms with van der Waals surface area (Å²) >= 11 is 0. The average Bonchev–Trinajstić information content (AvgIpc) is 2.82. The van der Waals surface area contributed by atoms with Gasteiger partial charge in [0.1, 0.15) is 6.20 Å². The van der Waals surface area contributed by atoms with Crippen molar-refractivity contribution in [2.45, 2.75) is 26.3 Å². The van der Waals surface area contributed by atoms with Gasteiger partial charge in [-0.25, -0.2) is 4.98 Å². The molecule has 0 aliphatic carbocycles.